The van der Waals surface area contributed by atoms with Gasteiger partial charge in [-0.3, -0.25) is 4.79 Å². The lowest BCUT2D eigenvalue weighted by Gasteiger charge is -2.61. The Labute approximate surface area is 136 Å². The van der Waals surface area contributed by atoms with Crippen molar-refractivity contribution in [3.8, 4) is 0 Å². The van der Waals surface area contributed by atoms with Gasteiger partial charge < -0.3 is 5.11 Å². The maximum atomic E-state index is 12.5. The van der Waals surface area contributed by atoms with Crippen LogP contribution >= 0.6 is 0 Å². The Bertz CT molecular complexity index is 472. The number of ketones is 1. The number of carbonyl (C=O) groups excluding carboxylic acids is 1. The molecule has 0 aromatic carbocycles. The molecule has 2 aliphatic rings. The standard InChI is InChI=1S/C20H34O2/c1-7-14(2)15(21)13-17-19(5)11-8-10-18(3,4)16(19)9-12-20(17,6)22/h7,16-17,22H,8-13H2,1-6H3/b14-7+/t16-,17+,19-,20+/m0/s1. The Kier molecular flexibility index (Phi) is 4.65. The zero-order valence-electron chi connectivity index (χ0n) is 15.3. The van der Waals surface area contributed by atoms with Crippen molar-refractivity contribution in [2.24, 2.45) is 22.7 Å². The number of fused-ring (bicyclic) bond motifs is 1. The van der Waals surface area contributed by atoms with Gasteiger partial charge in [-0.25, -0.2) is 0 Å². The molecule has 0 saturated heterocycles. The summed E-state index contributed by atoms with van der Waals surface area (Å²) in [5, 5.41) is 11.0. The predicted octanol–water partition coefficient (Wildman–Crippen LogP) is 4.91. The number of rotatable bonds is 3. The second-order valence-corrected chi connectivity index (χ2v) is 8.95. The van der Waals surface area contributed by atoms with Crippen molar-refractivity contribution in [1.82, 2.24) is 0 Å². The van der Waals surface area contributed by atoms with E-state index in [0.717, 1.165) is 24.8 Å². The molecular formula is C20H34O2. The van der Waals surface area contributed by atoms with Crippen molar-refractivity contribution in [1.29, 1.82) is 0 Å². The van der Waals surface area contributed by atoms with Gasteiger partial charge in [0.05, 0.1) is 5.60 Å². The summed E-state index contributed by atoms with van der Waals surface area (Å²) in [6.07, 6.45) is 7.92. The molecule has 2 heteroatoms. The lowest BCUT2D eigenvalue weighted by atomic mass is 9.45. The third-order valence-electron chi connectivity index (χ3n) is 7.02. The molecule has 0 aliphatic heterocycles. The highest BCUT2D eigenvalue weighted by Gasteiger charge is 2.58. The maximum Gasteiger partial charge on any atom is 0.158 e. The first-order chi connectivity index (χ1) is 10.0. The van der Waals surface area contributed by atoms with Gasteiger partial charge in [-0.1, -0.05) is 33.3 Å². The van der Waals surface area contributed by atoms with Crippen LogP contribution in [0, 0.1) is 22.7 Å². The van der Waals surface area contributed by atoms with Gasteiger partial charge in [-0.2, -0.15) is 0 Å². The fraction of sp³-hybridized carbons (Fsp3) is 0.850. The van der Waals surface area contributed by atoms with E-state index in [1.54, 1.807) is 0 Å². The summed E-state index contributed by atoms with van der Waals surface area (Å²) in [5.41, 5.74) is 0.507. The topological polar surface area (TPSA) is 37.3 Å². The average Bonchev–Trinajstić information content (AvgIpc) is 2.40. The molecule has 22 heavy (non-hydrogen) atoms. The molecular weight excluding hydrogens is 272 g/mol. The summed E-state index contributed by atoms with van der Waals surface area (Å²) < 4.78 is 0. The predicted molar refractivity (Wildman–Crippen MR) is 91.6 cm³/mol. The number of allylic oxidation sites excluding steroid dienone is 2. The van der Waals surface area contributed by atoms with Crippen molar-refractivity contribution in [2.75, 3.05) is 0 Å². The molecule has 0 spiro atoms. The van der Waals surface area contributed by atoms with Crippen LogP contribution in [0.15, 0.2) is 11.6 Å². The molecule has 0 aromatic rings. The molecule has 2 fully saturated rings. The summed E-state index contributed by atoms with van der Waals surface area (Å²) in [4.78, 5) is 12.5. The summed E-state index contributed by atoms with van der Waals surface area (Å²) in [6, 6.07) is 0. The molecule has 1 N–H and O–H groups in total. The summed E-state index contributed by atoms with van der Waals surface area (Å²) in [5.74, 6) is 0.886. The van der Waals surface area contributed by atoms with E-state index in [4.69, 9.17) is 0 Å². The van der Waals surface area contributed by atoms with Crippen LogP contribution in [0.3, 0.4) is 0 Å². The summed E-state index contributed by atoms with van der Waals surface area (Å²) >= 11 is 0. The van der Waals surface area contributed by atoms with Crippen LogP contribution in [-0.4, -0.2) is 16.5 Å². The fourth-order valence-electron chi connectivity index (χ4n) is 5.59. The number of carbonyl (C=O) groups is 1. The van der Waals surface area contributed by atoms with Crippen LogP contribution in [0.2, 0.25) is 0 Å². The SMILES string of the molecule is C/C=C(\C)C(=O)C[C@@H]1[C@@]2(C)CCCC(C)(C)[C@@H]2CC[C@@]1(C)O. The lowest BCUT2D eigenvalue weighted by Crippen LogP contribution is -2.58. The minimum absolute atomic E-state index is 0.0701. The second-order valence-electron chi connectivity index (χ2n) is 8.95. The summed E-state index contributed by atoms with van der Waals surface area (Å²) in [6.45, 7) is 12.9. The molecule has 0 amide bonds. The smallest absolute Gasteiger partial charge is 0.158 e. The molecule has 0 radical (unpaired) electrons. The van der Waals surface area contributed by atoms with Crippen LogP contribution < -0.4 is 0 Å². The molecule has 126 valence electrons. The highest BCUT2D eigenvalue weighted by molar-refractivity contribution is 5.94. The van der Waals surface area contributed by atoms with Gasteiger partial charge in [0.1, 0.15) is 0 Å². The molecule has 2 nitrogen and oxygen atoms in total. The first-order valence-electron chi connectivity index (χ1n) is 8.93. The van der Waals surface area contributed by atoms with E-state index in [2.05, 4.69) is 20.8 Å². The van der Waals surface area contributed by atoms with Gasteiger partial charge in [0.25, 0.3) is 0 Å². The van der Waals surface area contributed by atoms with E-state index in [1.165, 1.54) is 12.8 Å². The van der Waals surface area contributed by atoms with E-state index < -0.39 is 5.60 Å². The highest BCUT2D eigenvalue weighted by atomic mass is 16.3. The van der Waals surface area contributed by atoms with Gasteiger partial charge >= 0.3 is 0 Å². The van der Waals surface area contributed by atoms with Gasteiger partial charge in [-0.05, 0) is 68.8 Å². The lowest BCUT2D eigenvalue weighted by molar-refractivity contribution is -0.171. The molecule has 0 heterocycles. The normalized spacial score (nSPS) is 41.9. The van der Waals surface area contributed by atoms with Crippen LogP contribution in [0.25, 0.3) is 0 Å². The molecule has 0 unspecified atom stereocenters. The second kappa shape index (κ2) is 5.78. The quantitative estimate of drug-likeness (QED) is 0.753. The Balaban J connectivity index is 2.36. The zero-order chi connectivity index (χ0) is 16.8. The summed E-state index contributed by atoms with van der Waals surface area (Å²) in [7, 11) is 0. The van der Waals surface area contributed by atoms with Crippen molar-refractivity contribution in [3.63, 3.8) is 0 Å². The first kappa shape index (κ1) is 17.7. The molecule has 2 rings (SSSR count). The van der Waals surface area contributed by atoms with Gasteiger partial charge in [0, 0.05) is 12.3 Å². The molecule has 2 aliphatic carbocycles. The Morgan fingerprint density at radius 2 is 1.82 bits per heavy atom. The van der Waals surface area contributed by atoms with Crippen LogP contribution in [0.5, 0.6) is 0 Å². The van der Waals surface area contributed by atoms with Crippen molar-refractivity contribution < 1.29 is 9.90 Å². The van der Waals surface area contributed by atoms with Crippen LogP contribution in [0.4, 0.5) is 0 Å². The van der Waals surface area contributed by atoms with Crippen molar-refractivity contribution in [2.45, 2.75) is 85.7 Å². The molecule has 2 saturated carbocycles. The van der Waals surface area contributed by atoms with Crippen molar-refractivity contribution >= 4 is 5.78 Å². The number of hydrogen-bond acceptors (Lipinski definition) is 2. The number of aliphatic hydroxyl groups is 1. The van der Waals surface area contributed by atoms with E-state index in [1.807, 2.05) is 26.8 Å². The third kappa shape index (κ3) is 2.91. The minimum Gasteiger partial charge on any atom is -0.390 e. The maximum absolute atomic E-state index is 12.5. The Morgan fingerprint density at radius 3 is 2.41 bits per heavy atom. The fourth-order valence-corrected chi connectivity index (χ4v) is 5.59. The minimum atomic E-state index is -0.720. The number of hydrogen-bond donors (Lipinski definition) is 1. The average molecular weight is 306 g/mol. The Morgan fingerprint density at radius 1 is 1.18 bits per heavy atom. The first-order valence-corrected chi connectivity index (χ1v) is 8.93. The van der Waals surface area contributed by atoms with E-state index in [-0.39, 0.29) is 17.1 Å². The van der Waals surface area contributed by atoms with Crippen LogP contribution in [-0.2, 0) is 4.79 Å². The van der Waals surface area contributed by atoms with Gasteiger partial charge in [0.15, 0.2) is 5.78 Å². The third-order valence-corrected chi connectivity index (χ3v) is 7.02. The molecule has 0 bridgehead atoms. The van der Waals surface area contributed by atoms with Gasteiger partial charge in [0.2, 0.25) is 0 Å². The van der Waals surface area contributed by atoms with E-state index >= 15 is 0 Å². The van der Waals surface area contributed by atoms with E-state index in [9.17, 15) is 9.90 Å². The largest absolute Gasteiger partial charge is 0.390 e. The van der Waals surface area contributed by atoms with Gasteiger partial charge in [-0.15, -0.1) is 0 Å². The molecule has 0 aromatic heterocycles. The number of Topliss-reactive ketones (excluding diaryl/α,β-unsaturated/α-hetero) is 1. The monoisotopic (exact) mass is 306 g/mol. The zero-order valence-corrected chi connectivity index (χ0v) is 15.3. The van der Waals surface area contributed by atoms with E-state index in [0.29, 0.717) is 17.8 Å². The molecule has 4 atom stereocenters. The van der Waals surface area contributed by atoms with Crippen molar-refractivity contribution in [3.05, 3.63) is 11.6 Å². The Hall–Kier alpha value is -0.630. The highest BCUT2D eigenvalue weighted by Crippen LogP contribution is 2.62. The van der Waals surface area contributed by atoms with Crippen LogP contribution in [0.1, 0.15) is 80.1 Å².